The Morgan fingerprint density at radius 3 is 1.89 bits per heavy atom. The van der Waals surface area contributed by atoms with E-state index in [1.165, 1.54) is 32.3 Å². The highest BCUT2D eigenvalue weighted by molar-refractivity contribution is 6.33. The lowest BCUT2D eigenvalue weighted by atomic mass is 9.92. The van der Waals surface area contributed by atoms with Gasteiger partial charge >= 0.3 is 0 Å². The fourth-order valence-corrected chi connectivity index (χ4v) is 6.83. The average Bonchev–Trinajstić information content (AvgIpc) is 3.66. The number of nitrogens with zero attached hydrogens (tertiary/aromatic N) is 2. The van der Waals surface area contributed by atoms with Crippen LogP contribution in [0.15, 0.2) is 142 Å². The third-order valence-electron chi connectivity index (χ3n) is 8.83. The Kier molecular flexibility index (Phi) is 4.69. The van der Waals surface area contributed by atoms with Crippen molar-refractivity contribution in [2.24, 2.45) is 0 Å². The Labute approximate surface area is 251 Å². The fourth-order valence-electron chi connectivity index (χ4n) is 6.83. The van der Waals surface area contributed by atoms with Crippen LogP contribution in [0.25, 0.3) is 99.3 Å². The number of aromatic nitrogens is 2. The predicted octanol–water partition coefficient (Wildman–Crippen LogP) is 11.0. The summed E-state index contributed by atoms with van der Waals surface area (Å²) in [4.78, 5) is 10.0. The number of benzene rings is 7. The molecule has 44 heavy (non-hydrogen) atoms. The zero-order valence-electron chi connectivity index (χ0n) is 23.4. The Morgan fingerprint density at radius 1 is 0.386 bits per heavy atom. The van der Waals surface area contributed by atoms with E-state index in [0.29, 0.717) is 11.4 Å². The average molecular weight is 563 g/mol. The molecule has 204 valence electrons. The molecule has 0 bridgehead atoms. The molecular weight excluding hydrogens is 540 g/mol. The molecule has 0 aliphatic heterocycles. The molecule has 0 N–H and O–H groups in total. The van der Waals surface area contributed by atoms with Crippen LogP contribution < -0.4 is 0 Å². The summed E-state index contributed by atoms with van der Waals surface area (Å²) in [5.74, 6) is 0.677. The minimum Gasteiger partial charge on any atom is -0.456 e. The van der Waals surface area contributed by atoms with Gasteiger partial charge in [0.2, 0.25) is 0 Å². The minimum atomic E-state index is 0.677. The van der Waals surface area contributed by atoms with Gasteiger partial charge in [-0.3, -0.25) is 0 Å². The summed E-state index contributed by atoms with van der Waals surface area (Å²) >= 11 is 0. The Balaban J connectivity index is 1.23. The zero-order chi connectivity index (χ0) is 28.8. The predicted molar refractivity (Wildman–Crippen MR) is 179 cm³/mol. The topological polar surface area (TPSA) is 52.1 Å². The van der Waals surface area contributed by atoms with Gasteiger partial charge in [-0.2, -0.15) is 0 Å². The largest absolute Gasteiger partial charge is 0.456 e. The molecule has 0 saturated heterocycles. The van der Waals surface area contributed by atoms with Crippen LogP contribution in [0.4, 0.5) is 0 Å². The second-order valence-corrected chi connectivity index (χ2v) is 11.3. The molecule has 4 nitrogen and oxygen atoms in total. The number of hydrogen-bond acceptors (Lipinski definition) is 4. The van der Waals surface area contributed by atoms with Crippen molar-refractivity contribution < 1.29 is 8.83 Å². The molecule has 0 fully saturated rings. The van der Waals surface area contributed by atoms with E-state index in [0.717, 1.165) is 55.6 Å². The summed E-state index contributed by atoms with van der Waals surface area (Å²) < 4.78 is 13.1. The summed E-state index contributed by atoms with van der Waals surface area (Å²) in [5, 5.41) is 8.21. The Hall–Kier alpha value is -6.00. The van der Waals surface area contributed by atoms with Gasteiger partial charge in [0.25, 0.3) is 0 Å². The Morgan fingerprint density at radius 2 is 1.07 bits per heavy atom. The lowest BCUT2D eigenvalue weighted by molar-refractivity contribution is 0.667. The third kappa shape index (κ3) is 3.28. The number of furan rings is 2. The van der Waals surface area contributed by atoms with Crippen molar-refractivity contribution in [1.82, 2.24) is 9.97 Å². The van der Waals surface area contributed by atoms with Crippen LogP contribution in [0.1, 0.15) is 0 Å². The van der Waals surface area contributed by atoms with Gasteiger partial charge in [0.05, 0.1) is 0 Å². The fraction of sp³-hybridized carbons (Fsp3) is 0. The third-order valence-corrected chi connectivity index (χ3v) is 8.83. The van der Waals surface area contributed by atoms with Crippen molar-refractivity contribution in [3.05, 3.63) is 133 Å². The highest BCUT2D eigenvalue weighted by atomic mass is 16.3. The van der Waals surface area contributed by atoms with E-state index in [-0.39, 0.29) is 0 Å². The molecule has 10 rings (SSSR count). The van der Waals surface area contributed by atoms with E-state index in [9.17, 15) is 0 Å². The zero-order valence-corrected chi connectivity index (χ0v) is 23.4. The van der Waals surface area contributed by atoms with Crippen molar-refractivity contribution in [3.63, 3.8) is 0 Å². The SMILES string of the molecule is c1ccc(-c2nc(-c3ccccc3)c3oc4cc(-c5cc6oc7cccc8c9ccccc9c(c5)c6c78)ccc4c3n2)cc1. The van der Waals surface area contributed by atoms with E-state index in [4.69, 9.17) is 18.8 Å². The number of rotatable bonds is 3. The van der Waals surface area contributed by atoms with E-state index >= 15 is 0 Å². The van der Waals surface area contributed by atoms with Gasteiger partial charge in [0.15, 0.2) is 11.4 Å². The van der Waals surface area contributed by atoms with E-state index in [1.807, 2.05) is 48.5 Å². The van der Waals surface area contributed by atoms with Gasteiger partial charge < -0.3 is 8.83 Å². The summed E-state index contributed by atoms with van der Waals surface area (Å²) in [6.07, 6.45) is 0. The highest BCUT2D eigenvalue weighted by Crippen LogP contribution is 2.45. The van der Waals surface area contributed by atoms with Crippen molar-refractivity contribution in [1.29, 1.82) is 0 Å². The standard InChI is InChI=1S/C40H22N2O2/c1-3-10-23(11-4-1)37-39-38(42-40(41-37)24-12-5-2-6-13-24)30-19-18-25(21-33(30)44-39)26-20-31-28-15-8-7-14-27(28)29-16-9-17-32-35(29)36(31)34(22-26)43-32/h1-22H. The molecule has 4 heteroatoms. The van der Waals surface area contributed by atoms with E-state index in [1.54, 1.807) is 0 Å². The molecule has 0 aliphatic carbocycles. The lowest BCUT2D eigenvalue weighted by Crippen LogP contribution is -1.93. The molecule has 0 saturated carbocycles. The summed E-state index contributed by atoms with van der Waals surface area (Å²) in [6, 6.07) is 46.1. The van der Waals surface area contributed by atoms with Crippen LogP contribution in [0, 0.1) is 0 Å². The maximum Gasteiger partial charge on any atom is 0.180 e. The van der Waals surface area contributed by atoms with Gasteiger partial charge in [-0.25, -0.2) is 9.97 Å². The van der Waals surface area contributed by atoms with Crippen LogP contribution in [-0.2, 0) is 0 Å². The van der Waals surface area contributed by atoms with Crippen molar-refractivity contribution in [2.45, 2.75) is 0 Å². The molecule has 3 heterocycles. The van der Waals surface area contributed by atoms with E-state index < -0.39 is 0 Å². The van der Waals surface area contributed by atoms with Gasteiger partial charge in [-0.1, -0.05) is 103 Å². The van der Waals surface area contributed by atoms with Crippen molar-refractivity contribution in [3.8, 4) is 33.8 Å². The smallest absolute Gasteiger partial charge is 0.180 e. The van der Waals surface area contributed by atoms with Crippen molar-refractivity contribution >= 4 is 65.6 Å². The highest BCUT2D eigenvalue weighted by Gasteiger charge is 2.21. The molecule has 0 radical (unpaired) electrons. The maximum absolute atomic E-state index is 6.60. The summed E-state index contributed by atoms with van der Waals surface area (Å²) in [7, 11) is 0. The molecule has 0 spiro atoms. The first kappa shape index (κ1) is 23.6. The van der Waals surface area contributed by atoms with Gasteiger partial charge in [-0.05, 0) is 63.0 Å². The second-order valence-electron chi connectivity index (χ2n) is 11.3. The molecule has 3 aromatic heterocycles. The van der Waals surface area contributed by atoms with Gasteiger partial charge in [0, 0.05) is 27.3 Å². The molecular formula is C40H22N2O2. The number of hydrogen-bond donors (Lipinski definition) is 0. The quantitative estimate of drug-likeness (QED) is 0.201. The van der Waals surface area contributed by atoms with Crippen molar-refractivity contribution in [2.75, 3.05) is 0 Å². The summed E-state index contributed by atoms with van der Waals surface area (Å²) in [6.45, 7) is 0. The first-order valence-electron chi connectivity index (χ1n) is 14.7. The molecule has 7 aromatic carbocycles. The number of fused-ring (bicyclic) bond motifs is 6. The molecule has 0 atom stereocenters. The molecule has 0 amide bonds. The Bertz CT molecular complexity index is 2700. The molecule has 0 aliphatic rings. The van der Waals surface area contributed by atoms with Crippen LogP contribution in [0.5, 0.6) is 0 Å². The first-order chi connectivity index (χ1) is 21.8. The van der Waals surface area contributed by atoms with E-state index in [2.05, 4.69) is 84.9 Å². The normalized spacial score (nSPS) is 12.1. The van der Waals surface area contributed by atoms with Crippen LogP contribution in [0.2, 0.25) is 0 Å². The monoisotopic (exact) mass is 562 g/mol. The van der Waals surface area contributed by atoms with Crippen LogP contribution >= 0.6 is 0 Å². The van der Waals surface area contributed by atoms with Gasteiger partial charge in [0.1, 0.15) is 28.0 Å². The molecule has 0 unspecified atom stereocenters. The van der Waals surface area contributed by atoms with Gasteiger partial charge in [-0.15, -0.1) is 0 Å². The van der Waals surface area contributed by atoms with Crippen LogP contribution in [0.3, 0.4) is 0 Å². The lowest BCUT2D eigenvalue weighted by Gasteiger charge is -2.10. The minimum absolute atomic E-state index is 0.677. The first-order valence-corrected chi connectivity index (χ1v) is 14.7. The second kappa shape index (κ2) is 8.76. The van der Waals surface area contributed by atoms with Crippen LogP contribution in [-0.4, -0.2) is 9.97 Å². The maximum atomic E-state index is 6.60. The molecule has 10 aromatic rings. The summed E-state index contributed by atoms with van der Waals surface area (Å²) in [5.41, 5.74) is 8.95.